The van der Waals surface area contributed by atoms with E-state index in [2.05, 4.69) is 24.9 Å². The minimum Gasteiger partial charge on any atom is -0.486 e. The number of hydrogen-bond donors (Lipinski definition) is 1. The van der Waals surface area contributed by atoms with Crippen LogP contribution in [0.1, 0.15) is 41.6 Å². The Morgan fingerprint density at radius 3 is 2.86 bits per heavy atom. The van der Waals surface area contributed by atoms with Crippen molar-refractivity contribution in [3.63, 3.8) is 0 Å². The molecule has 2 aromatic rings. The molecule has 1 N–H and O–H groups in total. The largest absolute Gasteiger partial charge is 0.486 e. The van der Waals surface area contributed by atoms with Crippen molar-refractivity contribution in [2.75, 3.05) is 0 Å². The summed E-state index contributed by atoms with van der Waals surface area (Å²) >= 11 is 1.51. The Morgan fingerprint density at radius 1 is 1.38 bits per heavy atom. The van der Waals surface area contributed by atoms with Crippen LogP contribution in [-0.4, -0.2) is 16.1 Å². The molecule has 0 fully saturated rings. The molecule has 0 amide bonds. The lowest BCUT2D eigenvalue weighted by Gasteiger charge is -2.12. The Balaban J connectivity index is 1.96. The second-order valence-corrected chi connectivity index (χ2v) is 6.30. The van der Waals surface area contributed by atoms with Gasteiger partial charge in [-0.1, -0.05) is 32.0 Å². The number of para-hydroxylation sites is 1. The van der Waals surface area contributed by atoms with E-state index >= 15 is 0 Å². The van der Waals surface area contributed by atoms with Crippen LogP contribution in [0.15, 0.2) is 30.5 Å². The highest BCUT2D eigenvalue weighted by Gasteiger charge is 2.09. The average molecular weight is 305 g/mol. The molecule has 0 unspecified atom stereocenters. The number of aliphatic carboxylic acids is 1. The molecule has 0 aliphatic rings. The summed E-state index contributed by atoms with van der Waals surface area (Å²) in [7, 11) is 0. The van der Waals surface area contributed by atoms with Crippen molar-refractivity contribution in [1.82, 2.24) is 4.98 Å². The highest BCUT2D eigenvalue weighted by molar-refractivity contribution is 7.11. The maximum absolute atomic E-state index is 10.6. The molecule has 0 spiro atoms. The maximum atomic E-state index is 10.6. The molecule has 4 nitrogen and oxygen atoms in total. The van der Waals surface area contributed by atoms with Crippen LogP contribution in [0.2, 0.25) is 0 Å². The van der Waals surface area contributed by atoms with Crippen LogP contribution in [-0.2, 0) is 17.8 Å². The van der Waals surface area contributed by atoms with Crippen molar-refractivity contribution in [2.45, 2.75) is 39.2 Å². The molecule has 0 aliphatic heterocycles. The third-order valence-electron chi connectivity index (χ3n) is 3.08. The number of ether oxygens (including phenoxy) is 1. The van der Waals surface area contributed by atoms with Crippen molar-refractivity contribution in [1.29, 1.82) is 0 Å². The fourth-order valence-corrected chi connectivity index (χ4v) is 2.82. The summed E-state index contributed by atoms with van der Waals surface area (Å²) in [5.41, 5.74) is 1.18. The number of thiazole rings is 1. The van der Waals surface area contributed by atoms with Gasteiger partial charge in [0.2, 0.25) is 0 Å². The number of carbonyl (C=O) groups is 1. The van der Waals surface area contributed by atoms with Crippen molar-refractivity contribution in [3.8, 4) is 5.75 Å². The van der Waals surface area contributed by atoms with Crippen LogP contribution in [0.3, 0.4) is 0 Å². The van der Waals surface area contributed by atoms with E-state index in [4.69, 9.17) is 9.84 Å². The number of carboxylic acids is 1. The second kappa shape index (κ2) is 7.22. The lowest BCUT2D eigenvalue weighted by molar-refractivity contribution is -0.136. The first-order chi connectivity index (χ1) is 10.1. The Labute approximate surface area is 128 Å². The molecule has 0 atom stereocenters. The first-order valence-electron chi connectivity index (χ1n) is 6.93. The molecule has 0 saturated heterocycles. The van der Waals surface area contributed by atoms with E-state index in [1.54, 1.807) is 6.20 Å². The van der Waals surface area contributed by atoms with Crippen LogP contribution < -0.4 is 4.74 Å². The Bertz CT molecular complexity index is 607. The first-order valence-corrected chi connectivity index (χ1v) is 7.75. The molecule has 1 aromatic carbocycles. The van der Waals surface area contributed by atoms with Gasteiger partial charge < -0.3 is 9.84 Å². The second-order valence-electron chi connectivity index (χ2n) is 5.10. The van der Waals surface area contributed by atoms with E-state index in [-0.39, 0.29) is 6.42 Å². The summed E-state index contributed by atoms with van der Waals surface area (Å²) in [5, 5.41) is 9.55. The zero-order valence-electron chi connectivity index (χ0n) is 12.2. The molecule has 1 heterocycles. The molecule has 5 heteroatoms. The van der Waals surface area contributed by atoms with Gasteiger partial charge >= 0.3 is 5.97 Å². The molecular weight excluding hydrogens is 286 g/mol. The van der Waals surface area contributed by atoms with Gasteiger partial charge in [-0.05, 0) is 24.0 Å². The molecular formula is C16H19NO3S. The first kappa shape index (κ1) is 15.5. The molecule has 0 bridgehead atoms. The Morgan fingerprint density at radius 2 is 2.14 bits per heavy atom. The van der Waals surface area contributed by atoms with E-state index in [9.17, 15) is 4.79 Å². The molecule has 0 radical (unpaired) electrons. The SMILES string of the molecule is CC(C)c1ccccc1OCc1ncc(CCC(=O)O)s1. The van der Waals surface area contributed by atoms with Gasteiger partial charge in [0, 0.05) is 11.1 Å². The van der Waals surface area contributed by atoms with E-state index < -0.39 is 5.97 Å². The fraction of sp³-hybridized carbons (Fsp3) is 0.375. The standard InChI is InChI=1S/C16H19NO3S/c1-11(2)13-5-3-4-6-14(13)20-10-15-17-9-12(21-15)7-8-16(18)19/h3-6,9,11H,7-8,10H2,1-2H3,(H,18,19). The van der Waals surface area contributed by atoms with Gasteiger partial charge in [-0.15, -0.1) is 11.3 Å². The molecule has 21 heavy (non-hydrogen) atoms. The highest BCUT2D eigenvalue weighted by Crippen LogP contribution is 2.27. The number of hydrogen-bond acceptors (Lipinski definition) is 4. The van der Waals surface area contributed by atoms with Crippen molar-refractivity contribution in [3.05, 3.63) is 45.9 Å². The lowest BCUT2D eigenvalue weighted by Crippen LogP contribution is -1.99. The predicted molar refractivity (Wildman–Crippen MR) is 82.9 cm³/mol. The third kappa shape index (κ3) is 4.56. The van der Waals surface area contributed by atoms with Gasteiger partial charge in [-0.3, -0.25) is 4.79 Å². The summed E-state index contributed by atoms with van der Waals surface area (Å²) in [6.45, 7) is 4.69. The Hall–Kier alpha value is -1.88. The number of carboxylic acid groups (broad SMARTS) is 1. The number of benzene rings is 1. The number of aromatic nitrogens is 1. The van der Waals surface area contributed by atoms with Crippen molar-refractivity contribution >= 4 is 17.3 Å². The van der Waals surface area contributed by atoms with Gasteiger partial charge in [0.15, 0.2) is 0 Å². The monoisotopic (exact) mass is 305 g/mol. The summed E-state index contributed by atoms with van der Waals surface area (Å²) < 4.78 is 5.86. The molecule has 1 aromatic heterocycles. The molecule has 0 aliphatic carbocycles. The lowest BCUT2D eigenvalue weighted by atomic mass is 10.0. The van der Waals surface area contributed by atoms with Crippen LogP contribution in [0.4, 0.5) is 0 Å². The molecule has 112 valence electrons. The quantitative estimate of drug-likeness (QED) is 0.843. The average Bonchev–Trinajstić information content (AvgIpc) is 2.91. The third-order valence-corrected chi connectivity index (χ3v) is 4.11. The summed E-state index contributed by atoms with van der Waals surface area (Å²) in [5.74, 6) is 0.505. The predicted octanol–water partition coefficient (Wildman–Crippen LogP) is 3.86. The van der Waals surface area contributed by atoms with Crippen molar-refractivity contribution < 1.29 is 14.6 Å². The molecule has 0 saturated carbocycles. The zero-order chi connectivity index (χ0) is 15.2. The van der Waals surface area contributed by atoms with Crippen LogP contribution in [0, 0.1) is 0 Å². The van der Waals surface area contributed by atoms with Crippen LogP contribution in [0.25, 0.3) is 0 Å². The summed E-state index contributed by atoms with van der Waals surface area (Å²) in [6.07, 6.45) is 2.40. The minimum atomic E-state index is -0.785. The number of nitrogens with zero attached hydrogens (tertiary/aromatic N) is 1. The van der Waals surface area contributed by atoms with Crippen LogP contribution in [0.5, 0.6) is 5.75 Å². The van der Waals surface area contributed by atoms with Gasteiger partial charge in [0.1, 0.15) is 17.4 Å². The summed E-state index contributed by atoms with van der Waals surface area (Å²) in [4.78, 5) is 15.8. The smallest absolute Gasteiger partial charge is 0.303 e. The molecule has 2 rings (SSSR count). The highest BCUT2D eigenvalue weighted by atomic mass is 32.1. The minimum absolute atomic E-state index is 0.138. The van der Waals surface area contributed by atoms with E-state index in [1.165, 1.54) is 16.9 Å². The van der Waals surface area contributed by atoms with E-state index in [0.717, 1.165) is 15.6 Å². The fourth-order valence-electron chi connectivity index (χ4n) is 1.99. The number of aryl methyl sites for hydroxylation is 1. The number of rotatable bonds is 7. The van der Waals surface area contributed by atoms with E-state index in [0.29, 0.717) is 18.9 Å². The topological polar surface area (TPSA) is 59.4 Å². The summed E-state index contributed by atoms with van der Waals surface area (Å²) in [6, 6.07) is 8.01. The van der Waals surface area contributed by atoms with Gasteiger partial charge in [-0.2, -0.15) is 0 Å². The van der Waals surface area contributed by atoms with Gasteiger partial charge in [-0.25, -0.2) is 4.98 Å². The normalized spacial score (nSPS) is 10.8. The van der Waals surface area contributed by atoms with E-state index in [1.807, 2.05) is 18.2 Å². The zero-order valence-corrected chi connectivity index (χ0v) is 13.0. The Kier molecular flexibility index (Phi) is 5.33. The van der Waals surface area contributed by atoms with Crippen LogP contribution >= 0.6 is 11.3 Å². The van der Waals surface area contributed by atoms with Gasteiger partial charge in [0.05, 0.1) is 6.42 Å². The van der Waals surface area contributed by atoms with Crippen molar-refractivity contribution in [2.24, 2.45) is 0 Å². The van der Waals surface area contributed by atoms with Gasteiger partial charge in [0.25, 0.3) is 0 Å². The maximum Gasteiger partial charge on any atom is 0.303 e.